The van der Waals surface area contributed by atoms with Crippen LogP contribution in [0.1, 0.15) is 12.0 Å². The fourth-order valence-electron chi connectivity index (χ4n) is 3.55. The van der Waals surface area contributed by atoms with Crippen molar-refractivity contribution in [3.63, 3.8) is 0 Å². The van der Waals surface area contributed by atoms with Crippen LogP contribution >= 0.6 is 23.4 Å². The van der Waals surface area contributed by atoms with Gasteiger partial charge in [-0.15, -0.1) is 0 Å². The second kappa shape index (κ2) is 7.89. The van der Waals surface area contributed by atoms with Crippen LogP contribution in [0.2, 0.25) is 5.02 Å². The summed E-state index contributed by atoms with van der Waals surface area (Å²) in [6, 6.07) is 16.8. The summed E-state index contributed by atoms with van der Waals surface area (Å²) in [7, 11) is -3.10. The number of anilines is 1. The lowest BCUT2D eigenvalue weighted by atomic mass is 10.1. The van der Waals surface area contributed by atoms with Crippen molar-refractivity contribution in [3.05, 3.63) is 65.2 Å². The largest absolute Gasteiger partial charge is 0.314 e. The van der Waals surface area contributed by atoms with Gasteiger partial charge in [0.05, 0.1) is 28.3 Å². The average Bonchev–Trinajstić information content (AvgIpc) is 3.12. The predicted octanol–water partition coefficient (Wildman–Crippen LogP) is 3.57. The fraction of sp³-hybridized carbons (Fsp3) is 0.300. The SMILES string of the molecule is O=C(CCc1ccccc1)N=C1S[C@@H]2CS(=O)(=O)C[C@H]2N1c1ccccc1Cl. The minimum Gasteiger partial charge on any atom is -0.314 e. The second-order valence-electron chi connectivity index (χ2n) is 6.90. The molecule has 2 aliphatic heterocycles. The molecule has 0 spiro atoms. The van der Waals surface area contributed by atoms with E-state index in [-0.39, 0.29) is 28.7 Å². The lowest BCUT2D eigenvalue weighted by molar-refractivity contribution is -0.117. The van der Waals surface area contributed by atoms with Gasteiger partial charge in [-0.25, -0.2) is 8.42 Å². The van der Waals surface area contributed by atoms with Gasteiger partial charge in [0.2, 0.25) is 5.91 Å². The van der Waals surface area contributed by atoms with Crippen LogP contribution in [0.4, 0.5) is 5.69 Å². The summed E-state index contributed by atoms with van der Waals surface area (Å²) in [5.41, 5.74) is 1.77. The van der Waals surface area contributed by atoms with Crippen molar-refractivity contribution in [1.29, 1.82) is 0 Å². The zero-order chi connectivity index (χ0) is 19.7. The Balaban J connectivity index is 1.59. The highest BCUT2D eigenvalue weighted by Crippen LogP contribution is 2.42. The van der Waals surface area contributed by atoms with Crippen molar-refractivity contribution in [2.24, 2.45) is 4.99 Å². The van der Waals surface area contributed by atoms with Crippen LogP contribution in [0, 0.1) is 0 Å². The summed E-state index contributed by atoms with van der Waals surface area (Å²) in [4.78, 5) is 18.7. The van der Waals surface area contributed by atoms with Crippen molar-refractivity contribution in [3.8, 4) is 0 Å². The molecule has 2 aliphatic rings. The number of aliphatic imine (C=N–C) groups is 1. The summed E-state index contributed by atoms with van der Waals surface area (Å²) in [6.07, 6.45) is 0.923. The van der Waals surface area contributed by atoms with Crippen LogP contribution in [0.25, 0.3) is 0 Å². The van der Waals surface area contributed by atoms with Crippen molar-refractivity contribution in [2.45, 2.75) is 24.1 Å². The molecular formula is C20H19ClN2O3S2. The molecule has 0 radical (unpaired) electrons. The average molecular weight is 435 g/mol. The number of amidine groups is 1. The molecule has 2 heterocycles. The number of rotatable bonds is 4. The molecular weight excluding hydrogens is 416 g/mol. The Hall–Kier alpha value is -1.83. The number of hydrogen-bond acceptors (Lipinski definition) is 4. The van der Waals surface area contributed by atoms with E-state index in [1.165, 1.54) is 11.8 Å². The second-order valence-corrected chi connectivity index (χ2v) is 10.7. The first kappa shape index (κ1) is 19.5. The van der Waals surface area contributed by atoms with Gasteiger partial charge in [0.15, 0.2) is 15.0 Å². The molecule has 0 N–H and O–H groups in total. The number of hydrogen-bond donors (Lipinski definition) is 0. The number of amides is 1. The zero-order valence-corrected chi connectivity index (χ0v) is 17.4. The topological polar surface area (TPSA) is 66.8 Å². The Morgan fingerprint density at radius 3 is 2.57 bits per heavy atom. The summed E-state index contributed by atoms with van der Waals surface area (Å²) < 4.78 is 24.2. The Labute approximate surface area is 173 Å². The van der Waals surface area contributed by atoms with Crippen LogP contribution in [0.5, 0.6) is 0 Å². The van der Waals surface area contributed by atoms with E-state index in [4.69, 9.17) is 11.6 Å². The molecule has 8 heteroatoms. The Morgan fingerprint density at radius 2 is 1.82 bits per heavy atom. The van der Waals surface area contributed by atoms with Gasteiger partial charge in [-0.1, -0.05) is 65.8 Å². The molecule has 4 rings (SSSR count). The van der Waals surface area contributed by atoms with Gasteiger partial charge in [-0.3, -0.25) is 4.79 Å². The number of carbonyl (C=O) groups is 1. The van der Waals surface area contributed by atoms with Gasteiger partial charge in [0.1, 0.15) is 0 Å². The van der Waals surface area contributed by atoms with Gasteiger partial charge in [-0.05, 0) is 24.1 Å². The molecule has 28 heavy (non-hydrogen) atoms. The fourth-order valence-corrected chi connectivity index (χ4v) is 7.70. The van der Waals surface area contributed by atoms with Crippen LogP contribution in [-0.4, -0.2) is 42.3 Å². The maximum Gasteiger partial charge on any atom is 0.248 e. The lowest BCUT2D eigenvalue weighted by Crippen LogP contribution is -2.37. The molecule has 146 valence electrons. The van der Waals surface area contributed by atoms with Crippen LogP contribution in [0.3, 0.4) is 0 Å². The van der Waals surface area contributed by atoms with Crippen molar-refractivity contribution in [1.82, 2.24) is 0 Å². The van der Waals surface area contributed by atoms with Crippen LogP contribution < -0.4 is 4.90 Å². The first-order valence-corrected chi connectivity index (χ1v) is 12.1. The molecule has 2 fully saturated rings. The molecule has 0 unspecified atom stereocenters. The summed E-state index contributed by atoms with van der Waals surface area (Å²) >= 11 is 7.73. The number of thioether (sulfide) groups is 1. The third kappa shape index (κ3) is 4.11. The molecule has 1 amide bonds. The first-order valence-electron chi connectivity index (χ1n) is 8.99. The normalized spacial score (nSPS) is 24.5. The van der Waals surface area contributed by atoms with Crippen LogP contribution in [-0.2, 0) is 21.1 Å². The van der Waals surface area contributed by atoms with E-state index >= 15 is 0 Å². The van der Waals surface area contributed by atoms with E-state index < -0.39 is 9.84 Å². The van der Waals surface area contributed by atoms with Gasteiger partial charge in [-0.2, -0.15) is 4.99 Å². The third-order valence-corrected chi connectivity index (χ3v) is 8.40. The van der Waals surface area contributed by atoms with E-state index in [0.29, 0.717) is 28.7 Å². The van der Waals surface area contributed by atoms with E-state index in [1.54, 1.807) is 6.07 Å². The predicted molar refractivity (Wildman–Crippen MR) is 115 cm³/mol. The molecule has 0 aromatic heterocycles. The Morgan fingerprint density at radius 1 is 1.11 bits per heavy atom. The number of para-hydroxylation sites is 1. The van der Waals surface area contributed by atoms with Crippen LogP contribution in [0.15, 0.2) is 59.6 Å². The number of aryl methyl sites for hydroxylation is 1. The molecule has 0 bridgehead atoms. The third-order valence-electron chi connectivity index (χ3n) is 4.87. The maximum absolute atomic E-state index is 12.5. The van der Waals surface area contributed by atoms with Crippen molar-refractivity contribution >= 4 is 50.0 Å². The maximum atomic E-state index is 12.5. The number of nitrogens with zero attached hydrogens (tertiary/aromatic N) is 2. The molecule has 2 aromatic rings. The molecule has 0 aliphatic carbocycles. The van der Waals surface area contributed by atoms with Crippen molar-refractivity contribution in [2.75, 3.05) is 16.4 Å². The minimum absolute atomic E-state index is 0.0487. The highest BCUT2D eigenvalue weighted by Gasteiger charge is 2.49. The van der Waals surface area contributed by atoms with Gasteiger partial charge >= 0.3 is 0 Å². The summed E-state index contributed by atoms with van der Waals surface area (Å²) in [5, 5.41) is 0.912. The van der Waals surface area contributed by atoms with E-state index in [0.717, 1.165) is 5.56 Å². The molecule has 5 nitrogen and oxygen atoms in total. The monoisotopic (exact) mass is 434 g/mol. The van der Waals surface area contributed by atoms with Crippen molar-refractivity contribution < 1.29 is 13.2 Å². The highest BCUT2D eigenvalue weighted by atomic mass is 35.5. The molecule has 2 aromatic carbocycles. The lowest BCUT2D eigenvalue weighted by Gasteiger charge is -2.25. The zero-order valence-electron chi connectivity index (χ0n) is 15.0. The van der Waals surface area contributed by atoms with Gasteiger partial charge in [0, 0.05) is 11.7 Å². The summed E-state index contributed by atoms with van der Waals surface area (Å²) in [5.74, 6) is -0.0700. The molecule has 2 saturated heterocycles. The Kier molecular flexibility index (Phi) is 5.49. The Bertz CT molecular complexity index is 1020. The number of fused-ring (bicyclic) bond motifs is 1. The number of sulfone groups is 1. The van der Waals surface area contributed by atoms with Gasteiger partial charge in [0.25, 0.3) is 0 Å². The summed E-state index contributed by atoms with van der Waals surface area (Å²) in [6.45, 7) is 0. The van der Waals surface area contributed by atoms with E-state index in [9.17, 15) is 13.2 Å². The minimum atomic E-state index is -3.10. The van der Waals surface area contributed by atoms with E-state index in [1.807, 2.05) is 53.4 Å². The quantitative estimate of drug-likeness (QED) is 0.735. The van der Waals surface area contributed by atoms with E-state index in [2.05, 4.69) is 4.99 Å². The molecule has 0 saturated carbocycles. The van der Waals surface area contributed by atoms with Gasteiger partial charge < -0.3 is 4.90 Å². The molecule has 2 atom stereocenters. The highest BCUT2D eigenvalue weighted by molar-refractivity contribution is 8.16. The number of benzene rings is 2. The standard InChI is InChI=1S/C20H19ClN2O3S2/c21-15-8-4-5-9-16(15)23-17-12-28(25,26)13-18(17)27-20(23)22-19(24)11-10-14-6-2-1-3-7-14/h1-9,17-18H,10-13H2/t17-,18-/m1/s1. The first-order chi connectivity index (χ1) is 13.4. The number of halogens is 1. The smallest absolute Gasteiger partial charge is 0.248 e. The number of carbonyl (C=O) groups excluding carboxylic acids is 1.